The Hall–Kier alpha value is -1.72. The van der Waals surface area contributed by atoms with Gasteiger partial charge in [0.2, 0.25) is 5.91 Å². The van der Waals surface area contributed by atoms with Crippen LogP contribution in [0, 0.1) is 5.92 Å². The molecule has 140 valence electrons. The first-order chi connectivity index (χ1) is 12.8. The highest BCUT2D eigenvalue weighted by atomic mass is 16.5. The lowest BCUT2D eigenvalue weighted by Gasteiger charge is -2.50. The molecule has 0 aromatic carbocycles. The Labute approximate surface area is 155 Å². The van der Waals surface area contributed by atoms with Gasteiger partial charge in [-0.25, -0.2) is 0 Å². The van der Waals surface area contributed by atoms with Crippen molar-refractivity contribution in [2.45, 2.75) is 50.7 Å². The average Bonchev–Trinajstić information content (AvgIpc) is 3.06. The molecule has 1 amide bonds. The van der Waals surface area contributed by atoms with Gasteiger partial charge in [-0.2, -0.15) is 0 Å². The van der Waals surface area contributed by atoms with Gasteiger partial charge in [-0.15, -0.1) is 0 Å². The highest BCUT2D eigenvalue weighted by Gasteiger charge is 2.54. The minimum absolute atomic E-state index is 0.175. The first-order valence-corrected chi connectivity index (χ1v) is 9.81. The maximum absolute atomic E-state index is 12.5. The summed E-state index contributed by atoms with van der Waals surface area (Å²) < 4.78 is 12.0. The minimum Gasteiger partial charge on any atom is -0.376 e. The standard InChI is InChI=1S/C21H28N2O3/c24-20(11-17-5-2-1-3-6-17)23-15-21(16-23)19(8-10-26-21)14-25-13-18-7-4-9-22-12-18/h4-5,7,9,12,19H,1-3,6,8,10-11,13-16H2. The number of likely N-dealkylation sites (tertiary alicyclic amines) is 1. The molecule has 1 aromatic heterocycles. The lowest BCUT2D eigenvalue weighted by Crippen LogP contribution is -2.66. The SMILES string of the molecule is O=C(CC1=CCCCC1)N1CC2(C1)OCCC2COCc1cccnc1. The fourth-order valence-electron chi connectivity index (χ4n) is 4.32. The summed E-state index contributed by atoms with van der Waals surface area (Å²) in [6.45, 7) is 3.48. The van der Waals surface area contributed by atoms with Gasteiger partial charge in [-0.05, 0) is 43.7 Å². The third kappa shape index (κ3) is 3.84. The summed E-state index contributed by atoms with van der Waals surface area (Å²) in [6, 6.07) is 3.95. The minimum atomic E-state index is -0.175. The van der Waals surface area contributed by atoms with Gasteiger partial charge in [0.15, 0.2) is 0 Å². The topological polar surface area (TPSA) is 51.7 Å². The molecule has 1 atom stereocenters. The molecule has 2 saturated heterocycles. The Bertz CT molecular complexity index is 652. The number of nitrogens with zero attached hydrogens (tertiary/aromatic N) is 2. The highest BCUT2D eigenvalue weighted by molar-refractivity contribution is 5.80. The van der Waals surface area contributed by atoms with E-state index >= 15 is 0 Å². The van der Waals surface area contributed by atoms with E-state index in [1.807, 2.05) is 23.2 Å². The van der Waals surface area contributed by atoms with Gasteiger partial charge in [0.25, 0.3) is 0 Å². The molecule has 3 aliphatic rings. The second-order valence-corrected chi connectivity index (χ2v) is 7.81. The number of allylic oxidation sites excluding steroid dienone is 1. The van der Waals surface area contributed by atoms with Crippen LogP contribution in [0.15, 0.2) is 36.2 Å². The van der Waals surface area contributed by atoms with Crippen LogP contribution < -0.4 is 0 Å². The smallest absolute Gasteiger partial charge is 0.226 e. The van der Waals surface area contributed by atoms with Crippen molar-refractivity contribution in [1.29, 1.82) is 0 Å². The molecule has 0 N–H and O–H groups in total. The number of amides is 1. The number of carbonyl (C=O) groups is 1. The Morgan fingerprint density at radius 2 is 2.31 bits per heavy atom. The lowest BCUT2D eigenvalue weighted by molar-refractivity contribution is -0.168. The van der Waals surface area contributed by atoms with Crippen molar-refractivity contribution in [1.82, 2.24) is 9.88 Å². The number of hydrogen-bond donors (Lipinski definition) is 0. The van der Waals surface area contributed by atoms with Crippen LogP contribution in [0.1, 0.15) is 44.1 Å². The number of pyridine rings is 1. The Balaban J connectivity index is 1.25. The summed E-state index contributed by atoms with van der Waals surface area (Å²) in [6.07, 6.45) is 12.2. The van der Waals surface area contributed by atoms with E-state index < -0.39 is 0 Å². The van der Waals surface area contributed by atoms with Gasteiger partial charge in [0.05, 0.1) is 26.3 Å². The molecule has 1 spiro atoms. The quantitative estimate of drug-likeness (QED) is 0.735. The normalized spacial score (nSPS) is 24.4. The van der Waals surface area contributed by atoms with Crippen LogP contribution in [0.2, 0.25) is 0 Å². The summed E-state index contributed by atoms with van der Waals surface area (Å²) in [4.78, 5) is 18.6. The van der Waals surface area contributed by atoms with Crippen LogP contribution in [-0.2, 0) is 20.9 Å². The van der Waals surface area contributed by atoms with Crippen molar-refractivity contribution in [2.24, 2.45) is 5.92 Å². The second kappa shape index (κ2) is 7.89. The summed E-state index contributed by atoms with van der Waals surface area (Å²) in [5.74, 6) is 0.631. The van der Waals surface area contributed by atoms with Crippen molar-refractivity contribution >= 4 is 5.91 Å². The molecule has 26 heavy (non-hydrogen) atoms. The number of carbonyl (C=O) groups excluding carboxylic acids is 1. The lowest BCUT2D eigenvalue weighted by atomic mass is 9.81. The van der Waals surface area contributed by atoms with Gasteiger partial charge in [-0.1, -0.05) is 17.7 Å². The molecule has 5 heteroatoms. The molecular formula is C21H28N2O3. The molecule has 0 radical (unpaired) electrons. The van der Waals surface area contributed by atoms with Crippen molar-refractivity contribution < 1.29 is 14.3 Å². The van der Waals surface area contributed by atoms with E-state index in [1.54, 1.807) is 6.20 Å². The zero-order chi connectivity index (χ0) is 17.8. The first kappa shape index (κ1) is 17.7. The summed E-state index contributed by atoms with van der Waals surface area (Å²) in [5.41, 5.74) is 2.24. The van der Waals surface area contributed by atoms with Crippen LogP contribution in [0.25, 0.3) is 0 Å². The Kier molecular flexibility index (Phi) is 5.36. The van der Waals surface area contributed by atoms with E-state index in [0.29, 0.717) is 25.6 Å². The van der Waals surface area contributed by atoms with E-state index in [-0.39, 0.29) is 11.5 Å². The molecule has 3 heterocycles. The van der Waals surface area contributed by atoms with Gasteiger partial charge in [0, 0.05) is 31.3 Å². The van der Waals surface area contributed by atoms with Gasteiger partial charge in [0.1, 0.15) is 5.60 Å². The maximum Gasteiger partial charge on any atom is 0.226 e. The third-order valence-corrected chi connectivity index (χ3v) is 5.94. The van der Waals surface area contributed by atoms with Gasteiger partial charge >= 0.3 is 0 Å². The Morgan fingerprint density at radius 3 is 3.08 bits per heavy atom. The molecule has 2 aliphatic heterocycles. The number of rotatable bonds is 6. The largest absolute Gasteiger partial charge is 0.376 e. The van der Waals surface area contributed by atoms with E-state index in [2.05, 4.69) is 11.1 Å². The van der Waals surface area contributed by atoms with E-state index in [1.165, 1.54) is 18.4 Å². The summed E-state index contributed by atoms with van der Waals surface area (Å²) in [5, 5.41) is 0. The van der Waals surface area contributed by atoms with Crippen LogP contribution in [0.5, 0.6) is 0 Å². The predicted octanol–water partition coefficient (Wildman–Crippen LogP) is 3.11. The molecule has 0 bridgehead atoms. The highest BCUT2D eigenvalue weighted by Crippen LogP contribution is 2.40. The van der Waals surface area contributed by atoms with E-state index in [0.717, 1.165) is 44.5 Å². The molecule has 0 saturated carbocycles. The fourth-order valence-corrected chi connectivity index (χ4v) is 4.32. The average molecular weight is 356 g/mol. The van der Waals surface area contributed by atoms with Crippen LogP contribution in [-0.4, -0.2) is 47.7 Å². The number of aromatic nitrogens is 1. The number of ether oxygens (including phenoxy) is 2. The molecule has 1 unspecified atom stereocenters. The third-order valence-electron chi connectivity index (χ3n) is 5.94. The second-order valence-electron chi connectivity index (χ2n) is 7.81. The van der Waals surface area contributed by atoms with Crippen LogP contribution >= 0.6 is 0 Å². The maximum atomic E-state index is 12.5. The summed E-state index contributed by atoms with van der Waals surface area (Å²) in [7, 11) is 0. The molecule has 4 rings (SSSR count). The zero-order valence-corrected chi connectivity index (χ0v) is 15.4. The van der Waals surface area contributed by atoms with Gasteiger partial charge in [-0.3, -0.25) is 9.78 Å². The molecule has 5 nitrogen and oxygen atoms in total. The Morgan fingerprint density at radius 1 is 1.38 bits per heavy atom. The van der Waals surface area contributed by atoms with Crippen LogP contribution in [0.4, 0.5) is 0 Å². The number of hydrogen-bond acceptors (Lipinski definition) is 4. The van der Waals surface area contributed by atoms with Crippen LogP contribution in [0.3, 0.4) is 0 Å². The summed E-state index contributed by atoms with van der Waals surface area (Å²) >= 11 is 0. The fraction of sp³-hybridized carbons (Fsp3) is 0.619. The molecule has 2 fully saturated rings. The monoisotopic (exact) mass is 356 g/mol. The van der Waals surface area contributed by atoms with E-state index in [9.17, 15) is 4.79 Å². The predicted molar refractivity (Wildman–Crippen MR) is 98.4 cm³/mol. The van der Waals surface area contributed by atoms with Crippen molar-refractivity contribution in [3.63, 3.8) is 0 Å². The molecule has 1 aromatic rings. The molecular weight excluding hydrogens is 328 g/mol. The first-order valence-electron chi connectivity index (χ1n) is 9.81. The van der Waals surface area contributed by atoms with Crippen molar-refractivity contribution in [3.05, 3.63) is 41.7 Å². The zero-order valence-electron chi connectivity index (χ0n) is 15.4. The molecule has 1 aliphatic carbocycles. The van der Waals surface area contributed by atoms with Crippen molar-refractivity contribution in [3.8, 4) is 0 Å². The van der Waals surface area contributed by atoms with Crippen molar-refractivity contribution in [2.75, 3.05) is 26.3 Å². The van der Waals surface area contributed by atoms with E-state index in [4.69, 9.17) is 9.47 Å². The van der Waals surface area contributed by atoms with Gasteiger partial charge < -0.3 is 14.4 Å².